The third kappa shape index (κ3) is 3.70. The van der Waals surface area contributed by atoms with Gasteiger partial charge in [0.25, 0.3) is 0 Å². The summed E-state index contributed by atoms with van der Waals surface area (Å²) in [7, 11) is 1.63. The smallest absolute Gasteiger partial charge is 0.227 e. The standard InChI is InChI=1S/C18H24N2O4/c1-23-16-5-3-2-4-14(16)12-20-13-15(6-7-17(20)21)18(22)19-8-10-24-11-9-19/h2-5,15H,6-13H2,1H3. The van der Waals surface area contributed by atoms with Crippen molar-refractivity contribution in [2.45, 2.75) is 19.4 Å². The number of methoxy groups -OCH3 is 1. The number of likely N-dealkylation sites (tertiary alicyclic amines) is 1. The summed E-state index contributed by atoms with van der Waals surface area (Å²) in [5.41, 5.74) is 0.966. The number of morpholine rings is 1. The molecule has 3 rings (SSSR count). The van der Waals surface area contributed by atoms with Gasteiger partial charge in [0, 0.05) is 38.2 Å². The van der Waals surface area contributed by atoms with Crippen molar-refractivity contribution in [1.82, 2.24) is 9.80 Å². The summed E-state index contributed by atoms with van der Waals surface area (Å²) in [5, 5.41) is 0. The number of nitrogens with zero attached hydrogens (tertiary/aromatic N) is 2. The summed E-state index contributed by atoms with van der Waals surface area (Å²) in [6, 6.07) is 7.69. The molecule has 1 unspecified atom stereocenters. The monoisotopic (exact) mass is 332 g/mol. The number of amides is 2. The molecule has 2 amide bonds. The van der Waals surface area contributed by atoms with E-state index in [1.807, 2.05) is 29.2 Å². The lowest BCUT2D eigenvalue weighted by atomic mass is 9.95. The maximum atomic E-state index is 12.7. The van der Waals surface area contributed by atoms with Crippen molar-refractivity contribution in [2.75, 3.05) is 40.0 Å². The minimum absolute atomic E-state index is 0.104. The van der Waals surface area contributed by atoms with Crippen LogP contribution in [0.3, 0.4) is 0 Å². The highest BCUT2D eigenvalue weighted by atomic mass is 16.5. The molecule has 2 fully saturated rings. The number of para-hydroxylation sites is 1. The maximum Gasteiger partial charge on any atom is 0.227 e. The molecule has 2 aliphatic rings. The van der Waals surface area contributed by atoms with Gasteiger partial charge in [0.15, 0.2) is 0 Å². The third-order valence-corrected chi connectivity index (χ3v) is 4.73. The normalized spacial score (nSPS) is 21.7. The van der Waals surface area contributed by atoms with Gasteiger partial charge < -0.3 is 19.3 Å². The molecule has 2 aliphatic heterocycles. The van der Waals surface area contributed by atoms with Gasteiger partial charge in [-0.05, 0) is 12.5 Å². The number of carbonyl (C=O) groups is 2. The van der Waals surface area contributed by atoms with Gasteiger partial charge in [-0.15, -0.1) is 0 Å². The molecule has 0 radical (unpaired) electrons. The Morgan fingerprint density at radius 1 is 1.29 bits per heavy atom. The predicted octanol–water partition coefficient (Wildman–Crippen LogP) is 1.29. The van der Waals surface area contributed by atoms with Crippen molar-refractivity contribution in [3.63, 3.8) is 0 Å². The highest BCUT2D eigenvalue weighted by Gasteiger charge is 2.33. The van der Waals surface area contributed by atoms with E-state index < -0.39 is 0 Å². The molecular weight excluding hydrogens is 308 g/mol. The lowest BCUT2D eigenvalue weighted by molar-refractivity contribution is -0.146. The first-order valence-electron chi connectivity index (χ1n) is 8.45. The molecule has 6 nitrogen and oxygen atoms in total. The molecule has 24 heavy (non-hydrogen) atoms. The quantitative estimate of drug-likeness (QED) is 0.834. The second-order valence-corrected chi connectivity index (χ2v) is 6.26. The van der Waals surface area contributed by atoms with Crippen LogP contribution in [0, 0.1) is 5.92 Å². The highest BCUT2D eigenvalue weighted by Crippen LogP contribution is 2.25. The molecule has 1 aromatic carbocycles. The number of piperidine rings is 1. The van der Waals surface area contributed by atoms with E-state index in [1.54, 1.807) is 12.0 Å². The first kappa shape index (κ1) is 16.8. The van der Waals surface area contributed by atoms with Crippen LogP contribution in [0.25, 0.3) is 0 Å². The number of rotatable bonds is 4. The van der Waals surface area contributed by atoms with Crippen LogP contribution in [0.15, 0.2) is 24.3 Å². The van der Waals surface area contributed by atoms with Crippen LogP contribution in [0.4, 0.5) is 0 Å². The molecule has 0 aliphatic carbocycles. The molecule has 2 heterocycles. The van der Waals surface area contributed by atoms with Crippen molar-refractivity contribution in [2.24, 2.45) is 5.92 Å². The Labute approximate surface area is 142 Å². The van der Waals surface area contributed by atoms with Crippen LogP contribution in [0.1, 0.15) is 18.4 Å². The van der Waals surface area contributed by atoms with Crippen LogP contribution in [0.5, 0.6) is 5.75 Å². The Morgan fingerprint density at radius 3 is 2.79 bits per heavy atom. The Balaban J connectivity index is 1.67. The molecule has 130 valence electrons. The van der Waals surface area contributed by atoms with Crippen LogP contribution in [-0.2, 0) is 20.9 Å². The molecular formula is C18H24N2O4. The van der Waals surface area contributed by atoms with Gasteiger partial charge in [-0.3, -0.25) is 9.59 Å². The Morgan fingerprint density at radius 2 is 2.04 bits per heavy atom. The summed E-state index contributed by atoms with van der Waals surface area (Å²) in [6.45, 7) is 3.46. The lowest BCUT2D eigenvalue weighted by Gasteiger charge is -2.36. The second-order valence-electron chi connectivity index (χ2n) is 6.26. The molecule has 0 aromatic heterocycles. The zero-order valence-corrected chi connectivity index (χ0v) is 14.1. The van der Waals surface area contributed by atoms with Crippen molar-refractivity contribution in [1.29, 1.82) is 0 Å². The summed E-state index contributed by atoms with van der Waals surface area (Å²) < 4.78 is 10.7. The van der Waals surface area contributed by atoms with Crippen molar-refractivity contribution < 1.29 is 19.1 Å². The summed E-state index contributed by atoms with van der Waals surface area (Å²) in [6.07, 6.45) is 1.06. The van der Waals surface area contributed by atoms with Gasteiger partial charge in [0.2, 0.25) is 11.8 Å². The second kappa shape index (κ2) is 7.66. The number of benzene rings is 1. The molecule has 1 aromatic rings. The predicted molar refractivity (Wildman–Crippen MR) is 88.5 cm³/mol. The van der Waals surface area contributed by atoms with Gasteiger partial charge in [0.05, 0.1) is 26.2 Å². The van der Waals surface area contributed by atoms with Crippen molar-refractivity contribution >= 4 is 11.8 Å². The largest absolute Gasteiger partial charge is 0.496 e. The highest BCUT2D eigenvalue weighted by molar-refractivity contribution is 5.84. The minimum atomic E-state index is -0.115. The van der Waals surface area contributed by atoms with E-state index >= 15 is 0 Å². The van der Waals surface area contributed by atoms with Gasteiger partial charge in [-0.2, -0.15) is 0 Å². The van der Waals surface area contributed by atoms with E-state index in [1.165, 1.54) is 0 Å². The van der Waals surface area contributed by atoms with E-state index in [9.17, 15) is 9.59 Å². The fourth-order valence-electron chi connectivity index (χ4n) is 3.35. The minimum Gasteiger partial charge on any atom is -0.496 e. The number of carbonyl (C=O) groups excluding carboxylic acids is 2. The van der Waals surface area contributed by atoms with E-state index in [0.717, 1.165) is 11.3 Å². The van der Waals surface area contributed by atoms with E-state index in [4.69, 9.17) is 9.47 Å². The molecule has 0 saturated carbocycles. The zero-order chi connectivity index (χ0) is 16.9. The molecule has 1 atom stereocenters. The average molecular weight is 332 g/mol. The Bertz CT molecular complexity index is 598. The van der Waals surface area contributed by atoms with Gasteiger partial charge >= 0.3 is 0 Å². The van der Waals surface area contributed by atoms with E-state index in [-0.39, 0.29) is 17.7 Å². The number of hydrogen-bond donors (Lipinski definition) is 0. The fourth-order valence-corrected chi connectivity index (χ4v) is 3.35. The van der Waals surface area contributed by atoms with E-state index in [2.05, 4.69) is 0 Å². The summed E-state index contributed by atoms with van der Waals surface area (Å²) >= 11 is 0. The van der Waals surface area contributed by atoms with Crippen molar-refractivity contribution in [3.05, 3.63) is 29.8 Å². The number of ether oxygens (including phenoxy) is 2. The number of hydrogen-bond acceptors (Lipinski definition) is 4. The van der Waals surface area contributed by atoms with Crippen LogP contribution < -0.4 is 4.74 Å². The Hall–Kier alpha value is -2.08. The molecule has 0 spiro atoms. The van der Waals surface area contributed by atoms with Gasteiger partial charge in [-0.25, -0.2) is 0 Å². The van der Waals surface area contributed by atoms with Gasteiger partial charge in [0.1, 0.15) is 5.75 Å². The third-order valence-electron chi connectivity index (χ3n) is 4.73. The molecule has 0 N–H and O–H groups in total. The van der Waals surface area contributed by atoms with Crippen molar-refractivity contribution in [3.8, 4) is 5.75 Å². The summed E-state index contributed by atoms with van der Waals surface area (Å²) in [5.74, 6) is 0.908. The zero-order valence-electron chi connectivity index (χ0n) is 14.1. The van der Waals surface area contributed by atoms with Crippen LogP contribution >= 0.6 is 0 Å². The average Bonchev–Trinajstić information content (AvgIpc) is 2.64. The SMILES string of the molecule is COc1ccccc1CN1CC(C(=O)N2CCOCC2)CCC1=O. The fraction of sp³-hybridized carbons (Fsp3) is 0.556. The summed E-state index contributed by atoms with van der Waals surface area (Å²) in [4.78, 5) is 28.6. The van der Waals surface area contributed by atoms with Crippen LogP contribution in [-0.4, -0.2) is 61.6 Å². The topological polar surface area (TPSA) is 59.1 Å². The first-order chi connectivity index (χ1) is 11.7. The lowest BCUT2D eigenvalue weighted by Crippen LogP contribution is -2.49. The van der Waals surface area contributed by atoms with Crippen LogP contribution in [0.2, 0.25) is 0 Å². The molecule has 2 saturated heterocycles. The molecule has 0 bridgehead atoms. The van der Waals surface area contributed by atoms with Gasteiger partial charge in [-0.1, -0.05) is 18.2 Å². The first-order valence-corrected chi connectivity index (χ1v) is 8.45. The maximum absolute atomic E-state index is 12.7. The molecule has 6 heteroatoms. The van der Waals surface area contributed by atoms with E-state index in [0.29, 0.717) is 52.2 Å². The Kier molecular flexibility index (Phi) is 5.35.